The highest BCUT2D eigenvalue weighted by atomic mass is 32.2. The Morgan fingerprint density at radius 2 is 2.03 bits per heavy atom. The van der Waals surface area contributed by atoms with Crippen molar-refractivity contribution in [2.75, 3.05) is 13.7 Å². The third kappa shape index (κ3) is 4.43. The van der Waals surface area contributed by atoms with E-state index < -0.39 is 4.92 Å². The Balaban J connectivity index is 1.86. The van der Waals surface area contributed by atoms with Crippen molar-refractivity contribution in [3.63, 3.8) is 0 Å². The Hall–Kier alpha value is -3.76. The highest BCUT2D eigenvalue weighted by molar-refractivity contribution is 8.26. The molecule has 1 saturated heterocycles. The van der Waals surface area contributed by atoms with Gasteiger partial charge in [0.15, 0.2) is 5.75 Å². The number of benzene rings is 2. The minimum absolute atomic E-state index is 0.151. The Bertz CT molecular complexity index is 1300. The van der Waals surface area contributed by atoms with Crippen LogP contribution in [0.2, 0.25) is 0 Å². The molecular weight excluding hydrogens is 460 g/mol. The van der Waals surface area contributed by atoms with E-state index in [2.05, 4.69) is 11.7 Å². The second-order valence-electron chi connectivity index (χ2n) is 6.94. The Morgan fingerprint density at radius 1 is 1.27 bits per heavy atom. The molecule has 33 heavy (non-hydrogen) atoms. The van der Waals surface area contributed by atoms with Gasteiger partial charge in [-0.25, -0.2) is 4.68 Å². The summed E-state index contributed by atoms with van der Waals surface area (Å²) in [6.07, 6.45) is 5.10. The van der Waals surface area contributed by atoms with Crippen molar-refractivity contribution in [3.8, 4) is 22.7 Å². The summed E-state index contributed by atoms with van der Waals surface area (Å²) >= 11 is 6.52. The summed E-state index contributed by atoms with van der Waals surface area (Å²) in [5.41, 5.74) is 2.26. The highest BCUT2D eigenvalue weighted by Gasteiger charge is 2.31. The van der Waals surface area contributed by atoms with Gasteiger partial charge in [0.05, 0.1) is 22.6 Å². The van der Waals surface area contributed by atoms with Crippen molar-refractivity contribution >= 4 is 46.0 Å². The first-order chi connectivity index (χ1) is 15.9. The van der Waals surface area contributed by atoms with Gasteiger partial charge in [0.25, 0.3) is 5.91 Å². The number of hydrogen-bond acceptors (Lipinski definition) is 7. The molecule has 0 saturated carbocycles. The van der Waals surface area contributed by atoms with Gasteiger partial charge in [-0.15, -0.1) is 6.58 Å². The third-order valence-electron chi connectivity index (χ3n) is 4.88. The lowest BCUT2D eigenvalue weighted by Crippen LogP contribution is -2.27. The molecule has 0 bridgehead atoms. The van der Waals surface area contributed by atoms with Crippen LogP contribution < -0.4 is 4.74 Å². The number of nitro groups is 1. The molecule has 0 spiro atoms. The summed E-state index contributed by atoms with van der Waals surface area (Å²) in [4.78, 5) is 25.8. The van der Waals surface area contributed by atoms with Crippen molar-refractivity contribution in [2.24, 2.45) is 0 Å². The fourth-order valence-corrected chi connectivity index (χ4v) is 4.60. The largest absolute Gasteiger partial charge is 0.490 e. The number of thioether (sulfide) groups is 1. The van der Waals surface area contributed by atoms with Crippen molar-refractivity contribution in [3.05, 3.63) is 88.0 Å². The van der Waals surface area contributed by atoms with Crippen LogP contribution in [-0.2, 0) is 4.79 Å². The van der Waals surface area contributed by atoms with Gasteiger partial charge in [0.2, 0.25) is 0 Å². The normalized spacial score (nSPS) is 14.7. The van der Waals surface area contributed by atoms with Gasteiger partial charge in [-0.05, 0) is 30.3 Å². The zero-order chi connectivity index (χ0) is 23.5. The summed E-state index contributed by atoms with van der Waals surface area (Å²) in [7, 11) is 1.38. The van der Waals surface area contributed by atoms with Crippen LogP contribution in [0.25, 0.3) is 23.0 Å². The van der Waals surface area contributed by atoms with Gasteiger partial charge in [-0.1, -0.05) is 48.3 Å². The van der Waals surface area contributed by atoms with Crippen molar-refractivity contribution in [1.29, 1.82) is 0 Å². The lowest BCUT2D eigenvalue weighted by Gasteiger charge is -2.10. The molecule has 1 amide bonds. The lowest BCUT2D eigenvalue weighted by atomic mass is 10.1. The number of ether oxygens (including phenoxy) is 1. The number of aromatic nitrogens is 2. The van der Waals surface area contributed by atoms with Crippen molar-refractivity contribution < 1.29 is 14.5 Å². The van der Waals surface area contributed by atoms with E-state index in [4.69, 9.17) is 17.0 Å². The van der Waals surface area contributed by atoms with Gasteiger partial charge in [0, 0.05) is 29.9 Å². The number of thiocarbonyl (C=S) groups is 1. The molecule has 1 aliphatic rings. The van der Waals surface area contributed by atoms with E-state index in [1.54, 1.807) is 29.1 Å². The fourth-order valence-electron chi connectivity index (χ4n) is 3.34. The number of amides is 1. The van der Waals surface area contributed by atoms with Crippen LogP contribution >= 0.6 is 24.0 Å². The summed E-state index contributed by atoms with van der Waals surface area (Å²) in [5.74, 6) is -0.0675. The highest BCUT2D eigenvalue weighted by Crippen LogP contribution is 2.37. The molecule has 10 heteroatoms. The maximum absolute atomic E-state index is 12.8. The summed E-state index contributed by atoms with van der Waals surface area (Å²) in [6, 6.07) is 14.1. The van der Waals surface area contributed by atoms with Gasteiger partial charge in [-0.2, -0.15) is 5.10 Å². The van der Waals surface area contributed by atoms with E-state index in [0.29, 0.717) is 32.6 Å². The number of rotatable bonds is 7. The van der Waals surface area contributed by atoms with Gasteiger partial charge in [0.1, 0.15) is 10.0 Å². The predicted molar refractivity (Wildman–Crippen MR) is 132 cm³/mol. The van der Waals surface area contributed by atoms with Crippen LogP contribution in [-0.4, -0.2) is 43.5 Å². The standard InChI is InChI=1S/C23H18N4O4S2/c1-3-11-25-22(28)20(33-23(25)32)13-16-14-26(17-7-5-4-6-8-17)24-21(16)15-9-10-19(31-2)18(12-15)27(29)30/h3-10,12-14H,1,11H2,2H3/b20-13+. The summed E-state index contributed by atoms with van der Waals surface area (Å²) in [6.45, 7) is 3.99. The van der Waals surface area contributed by atoms with Crippen LogP contribution in [0.15, 0.2) is 72.3 Å². The third-order valence-corrected chi connectivity index (χ3v) is 6.26. The lowest BCUT2D eigenvalue weighted by molar-refractivity contribution is -0.385. The van der Waals surface area contributed by atoms with E-state index in [9.17, 15) is 14.9 Å². The molecule has 2 heterocycles. The van der Waals surface area contributed by atoms with E-state index in [0.717, 1.165) is 5.69 Å². The zero-order valence-corrected chi connectivity index (χ0v) is 19.1. The topological polar surface area (TPSA) is 90.5 Å². The SMILES string of the molecule is C=CCN1C(=O)/C(=C\c2cn(-c3ccccc3)nc2-c2ccc(OC)c([N+](=O)[O-])c2)SC1=S. The van der Waals surface area contributed by atoms with Crippen LogP contribution in [0, 0.1) is 10.1 Å². The average Bonchev–Trinajstić information content (AvgIpc) is 3.36. The molecule has 1 fully saturated rings. The Morgan fingerprint density at radius 3 is 2.70 bits per heavy atom. The molecule has 0 radical (unpaired) electrons. The maximum Gasteiger partial charge on any atom is 0.311 e. The van der Waals surface area contributed by atoms with Crippen LogP contribution in [0.3, 0.4) is 0 Å². The first-order valence-electron chi connectivity index (χ1n) is 9.77. The number of nitro benzene ring substituents is 1. The number of methoxy groups -OCH3 is 1. The predicted octanol–water partition coefficient (Wildman–Crippen LogP) is 4.84. The smallest absolute Gasteiger partial charge is 0.311 e. The number of nitrogens with zero attached hydrogens (tertiary/aromatic N) is 4. The van der Waals surface area contributed by atoms with Crippen LogP contribution in [0.5, 0.6) is 5.75 Å². The summed E-state index contributed by atoms with van der Waals surface area (Å²) < 4.78 is 7.23. The molecule has 1 aromatic heterocycles. The van der Waals surface area contributed by atoms with Gasteiger partial charge < -0.3 is 4.74 Å². The van der Waals surface area contributed by atoms with Crippen LogP contribution in [0.1, 0.15) is 5.56 Å². The van der Waals surface area contributed by atoms with E-state index >= 15 is 0 Å². The molecule has 166 valence electrons. The monoisotopic (exact) mass is 478 g/mol. The van der Waals surface area contributed by atoms with Crippen molar-refractivity contribution in [2.45, 2.75) is 0 Å². The zero-order valence-electron chi connectivity index (χ0n) is 17.5. The van der Waals surface area contributed by atoms with Gasteiger partial charge in [-0.3, -0.25) is 19.8 Å². The second kappa shape index (κ2) is 9.39. The number of hydrogen-bond donors (Lipinski definition) is 0. The molecule has 4 rings (SSSR count). The average molecular weight is 479 g/mol. The minimum Gasteiger partial charge on any atom is -0.490 e. The maximum atomic E-state index is 12.8. The minimum atomic E-state index is -0.503. The van der Waals surface area contributed by atoms with Crippen molar-refractivity contribution in [1.82, 2.24) is 14.7 Å². The molecule has 0 aliphatic carbocycles. The Kier molecular flexibility index (Phi) is 6.38. The van der Waals surface area contributed by atoms with Gasteiger partial charge >= 0.3 is 5.69 Å². The quantitative estimate of drug-likeness (QED) is 0.158. The molecule has 0 atom stereocenters. The first-order valence-corrected chi connectivity index (χ1v) is 11.0. The first kappa shape index (κ1) is 22.4. The fraction of sp³-hybridized carbons (Fsp3) is 0.0870. The van der Waals surface area contributed by atoms with E-state index in [-0.39, 0.29) is 17.3 Å². The number of para-hydroxylation sites is 1. The molecule has 2 aromatic carbocycles. The number of carbonyl (C=O) groups is 1. The van der Waals surface area contributed by atoms with E-state index in [1.807, 2.05) is 30.3 Å². The number of carbonyl (C=O) groups excluding carboxylic acids is 1. The second-order valence-corrected chi connectivity index (χ2v) is 8.61. The molecule has 3 aromatic rings. The Labute approximate surface area is 199 Å². The molecule has 1 aliphatic heterocycles. The van der Waals surface area contributed by atoms with E-state index in [1.165, 1.54) is 35.9 Å². The molecule has 8 nitrogen and oxygen atoms in total. The molecule has 0 N–H and O–H groups in total. The molecule has 0 unspecified atom stereocenters. The molecular formula is C23H18N4O4S2. The van der Waals surface area contributed by atoms with Crippen LogP contribution in [0.4, 0.5) is 5.69 Å². The summed E-state index contributed by atoms with van der Waals surface area (Å²) in [5, 5.41) is 16.2.